The molecular weight excluding hydrogens is 292 g/mol. The number of para-hydroxylation sites is 2. The molecule has 2 saturated heterocycles. The Bertz CT molecular complexity index is 573. The summed E-state index contributed by atoms with van der Waals surface area (Å²) in [4.78, 5) is 14.9. The highest BCUT2D eigenvalue weighted by atomic mass is 16.5. The van der Waals surface area contributed by atoms with Crippen LogP contribution in [0.2, 0.25) is 0 Å². The average molecular weight is 316 g/mol. The summed E-state index contributed by atoms with van der Waals surface area (Å²) in [6.07, 6.45) is 2.72. The van der Waals surface area contributed by atoms with E-state index in [0.717, 1.165) is 50.6 Å². The van der Waals surface area contributed by atoms with Crippen molar-refractivity contribution in [2.75, 3.05) is 38.2 Å². The monoisotopic (exact) mass is 316 g/mol. The fraction of sp³-hybridized carbons (Fsp3) is 0.611. The highest BCUT2D eigenvalue weighted by molar-refractivity contribution is 5.92. The summed E-state index contributed by atoms with van der Waals surface area (Å²) in [6, 6.07) is 8.29. The van der Waals surface area contributed by atoms with E-state index in [1.54, 1.807) is 0 Å². The molecule has 2 fully saturated rings. The van der Waals surface area contributed by atoms with Crippen molar-refractivity contribution in [1.82, 2.24) is 4.90 Å². The van der Waals surface area contributed by atoms with Gasteiger partial charge >= 0.3 is 0 Å². The van der Waals surface area contributed by atoms with Gasteiger partial charge < -0.3 is 14.8 Å². The number of nitrogens with one attached hydrogen (secondary N) is 1. The molecule has 0 aliphatic carbocycles. The van der Waals surface area contributed by atoms with Gasteiger partial charge in [0, 0.05) is 13.0 Å². The van der Waals surface area contributed by atoms with E-state index >= 15 is 0 Å². The van der Waals surface area contributed by atoms with Crippen LogP contribution in [0.3, 0.4) is 0 Å². The minimum absolute atomic E-state index is 0.110. The Kier molecular flexibility index (Phi) is 4.23. The number of rotatable bonds is 1. The summed E-state index contributed by atoms with van der Waals surface area (Å²) in [6.45, 7) is 4.59. The molecule has 1 aromatic carbocycles. The number of ether oxygens (including phenoxy) is 2. The van der Waals surface area contributed by atoms with E-state index in [1.807, 2.05) is 24.3 Å². The lowest BCUT2D eigenvalue weighted by Crippen LogP contribution is -2.54. The van der Waals surface area contributed by atoms with Crippen molar-refractivity contribution in [3.63, 3.8) is 0 Å². The summed E-state index contributed by atoms with van der Waals surface area (Å²) < 4.78 is 11.3. The number of amides is 1. The van der Waals surface area contributed by atoms with Gasteiger partial charge in [0.1, 0.15) is 5.75 Å². The number of piperidine rings is 1. The van der Waals surface area contributed by atoms with Gasteiger partial charge in [-0.1, -0.05) is 12.1 Å². The average Bonchev–Trinajstić information content (AvgIpc) is 2.49. The molecule has 124 valence electrons. The van der Waals surface area contributed by atoms with Crippen molar-refractivity contribution in [3.05, 3.63) is 24.3 Å². The number of nitrogens with zero attached hydrogens (tertiary/aromatic N) is 1. The van der Waals surface area contributed by atoms with Crippen LogP contribution in [0.4, 0.5) is 5.69 Å². The Morgan fingerprint density at radius 1 is 1.13 bits per heavy atom. The van der Waals surface area contributed by atoms with Crippen LogP contribution < -0.4 is 10.1 Å². The first-order valence-electron chi connectivity index (χ1n) is 8.63. The first-order valence-corrected chi connectivity index (χ1v) is 8.63. The summed E-state index contributed by atoms with van der Waals surface area (Å²) in [5, 5.41) is 3.02. The van der Waals surface area contributed by atoms with E-state index in [1.165, 1.54) is 0 Å². The standard InChI is InChI=1S/C18H24N2O3/c21-18-9-13-5-7-20(15-11-22-12-15)10-14(13)6-8-23-17-4-2-1-3-16(17)19-18/h1-4,13-15H,5-12H2,(H,19,21)/t13-,14-/m0/s1. The Morgan fingerprint density at radius 2 is 2.00 bits per heavy atom. The van der Waals surface area contributed by atoms with Gasteiger partial charge in [0.2, 0.25) is 5.91 Å². The molecule has 3 aliphatic rings. The lowest BCUT2D eigenvalue weighted by Gasteiger charge is -2.45. The molecule has 2 atom stereocenters. The predicted octanol–water partition coefficient (Wildman–Crippen LogP) is 2.13. The zero-order chi connectivity index (χ0) is 15.6. The maximum Gasteiger partial charge on any atom is 0.224 e. The van der Waals surface area contributed by atoms with Crippen LogP contribution in [0.1, 0.15) is 19.3 Å². The first-order chi connectivity index (χ1) is 11.3. The molecule has 0 bridgehead atoms. The van der Waals surface area contributed by atoms with Crippen molar-refractivity contribution in [2.45, 2.75) is 25.3 Å². The number of carbonyl (C=O) groups excluding carboxylic acids is 1. The molecular formula is C18H24N2O3. The molecule has 4 rings (SSSR count). The van der Waals surface area contributed by atoms with Gasteiger partial charge in [0.05, 0.1) is 31.5 Å². The van der Waals surface area contributed by atoms with Crippen LogP contribution in [0.25, 0.3) is 0 Å². The molecule has 5 nitrogen and oxygen atoms in total. The van der Waals surface area contributed by atoms with Crippen molar-refractivity contribution in [2.24, 2.45) is 11.8 Å². The van der Waals surface area contributed by atoms with Gasteiger partial charge in [-0.05, 0) is 43.4 Å². The van der Waals surface area contributed by atoms with Crippen LogP contribution >= 0.6 is 0 Å². The molecule has 0 aromatic heterocycles. The number of hydrogen-bond donors (Lipinski definition) is 1. The van der Waals surface area contributed by atoms with Crippen LogP contribution in [0.5, 0.6) is 5.75 Å². The third-order valence-corrected chi connectivity index (χ3v) is 5.41. The third-order valence-electron chi connectivity index (χ3n) is 5.41. The fourth-order valence-corrected chi connectivity index (χ4v) is 3.93. The molecule has 1 N–H and O–H groups in total. The van der Waals surface area contributed by atoms with E-state index in [0.29, 0.717) is 30.9 Å². The minimum atomic E-state index is 0.110. The smallest absolute Gasteiger partial charge is 0.224 e. The van der Waals surface area contributed by atoms with Gasteiger partial charge in [-0.25, -0.2) is 0 Å². The number of carbonyl (C=O) groups is 1. The molecule has 3 heterocycles. The summed E-state index contributed by atoms with van der Waals surface area (Å²) in [7, 11) is 0. The second-order valence-electron chi connectivity index (χ2n) is 6.88. The fourth-order valence-electron chi connectivity index (χ4n) is 3.93. The second kappa shape index (κ2) is 6.49. The van der Waals surface area contributed by atoms with E-state index in [2.05, 4.69) is 10.2 Å². The number of likely N-dealkylation sites (tertiary alicyclic amines) is 1. The van der Waals surface area contributed by atoms with E-state index < -0.39 is 0 Å². The molecule has 0 saturated carbocycles. The van der Waals surface area contributed by atoms with Crippen molar-refractivity contribution >= 4 is 11.6 Å². The maximum atomic E-state index is 12.4. The zero-order valence-electron chi connectivity index (χ0n) is 13.4. The van der Waals surface area contributed by atoms with Crippen LogP contribution in [-0.2, 0) is 9.53 Å². The van der Waals surface area contributed by atoms with Crippen LogP contribution in [-0.4, -0.2) is 49.8 Å². The number of fused-ring (bicyclic) bond motifs is 2. The Labute approximate surface area is 136 Å². The summed E-state index contributed by atoms with van der Waals surface area (Å²) in [5.74, 6) is 1.87. The molecule has 3 aliphatic heterocycles. The van der Waals surface area contributed by atoms with Crippen molar-refractivity contribution in [1.29, 1.82) is 0 Å². The van der Waals surface area contributed by atoms with Gasteiger partial charge in [-0.15, -0.1) is 0 Å². The van der Waals surface area contributed by atoms with Crippen molar-refractivity contribution < 1.29 is 14.3 Å². The lowest BCUT2D eigenvalue weighted by molar-refractivity contribution is -0.119. The molecule has 1 aromatic rings. The van der Waals surface area contributed by atoms with Gasteiger partial charge in [0.15, 0.2) is 0 Å². The predicted molar refractivity (Wildman–Crippen MR) is 87.6 cm³/mol. The lowest BCUT2D eigenvalue weighted by atomic mass is 9.80. The normalized spacial score (nSPS) is 29.5. The largest absolute Gasteiger partial charge is 0.491 e. The Hall–Kier alpha value is -1.59. The minimum Gasteiger partial charge on any atom is -0.491 e. The second-order valence-corrected chi connectivity index (χ2v) is 6.88. The molecule has 23 heavy (non-hydrogen) atoms. The van der Waals surface area contributed by atoms with E-state index in [-0.39, 0.29) is 5.91 Å². The SMILES string of the molecule is O=C1C[C@@H]2CCN(C3COC3)C[C@@H]2CCOc2ccccc2N1. The van der Waals surface area contributed by atoms with E-state index in [4.69, 9.17) is 9.47 Å². The van der Waals surface area contributed by atoms with Gasteiger partial charge in [-0.3, -0.25) is 9.69 Å². The molecule has 0 unspecified atom stereocenters. The molecule has 5 heteroatoms. The topological polar surface area (TPSA) is 50.8 Å². The van der Waals surface area contributed by atoms with E-state index in [9.17, 15) is 4.79 Å². The Balaban J connectivity index is 1.48. The van der Waals surface area contributed by atoms with Crippen LogP contribution in [0.15, 0.2) is 24.3 Å². The molecule has 0 spiro atoms. The molecule has 1 amide bonds. The highest BCUT2D eigenvalue weighted by Gasteiger charge is 2.36. The number of benzene rings is 1. The zero-order valence-corrected chi connectivity index (χ0v) is 13.4. The number of anilines is 1. The highest BCUT2D eigenvalue weighted by Crippen LogP contribution is 2.34. The molecule has 0 radical (unpaired) electrons. The Morgan fingerprint density at radius 3 is 2.83 bits per heavy atom. The number of hydrogen-bond acceptors (Lipinski definition) is 4. The maximum absolute atomic E-state index is 12.4. The van der Waals surface area contributed by atoms with Gasteiger partial charge in [-0.2, -0.15) is 0 Å². The first kappa shape index (κ1) is 15.0. The van der Waals surface area contributed by atoms with Crippen LogP contribution in [0, 0.1) is 11.8 Å². The third kappa shape index (κ3) is 3.21. The van der Waals surface area contributed by atoms with Gasteiger partial charge in [0.25, 0.3) is 0 Å². The van der Waals surface area contributed by atoms with Crippen molar-refractivity contribution in [3.8, 4) is 5.75 Å². The quantitative estimate of drug-likeness (QED) is 0.862. The summed E-state index contributed by atoms with van der Waals surface area (Å²) in [5.41, 5.74) is 0.792. The summed E-state index contributed by atoms with van der Waals surface area (Å²) >= 11 is 0.